The molecule has 4 heteroatoms. The summed E-state index contributed by atoms with van der Waals surface area (Å²) in [5.74, 6) is 1.94. The Morgan fingerprint density at radius 1 is 1.50 bits per heavy atom. The third-order valence-electron chi connectivity index (χ3n) is 2.48. The second kappa shape index (κ2) is 5.27. The molecule has 3 nitrogen and oxygen atoms in total. The zero-order chi connectivity index (χ0) is 11.4. The zero-order valence-corrected chi connectivity index (χ0v) is 10.4. The Labute approximate surface area is 99.5 Å². The second-order valence-electron chi connectivity index (χ2n) is 3.72. The Bertz CT molecular complexity index is 422. The lowest BCUT2D eigenvalue weighted by Gasteiger charge is -2.12. The minimum absolute atomic E-state index is 0.324. The number of rotatable bonds is 5. The topological polar surface area (TPSA) is 38.1 Å². The highest BCUT2D eigenvalue weighted by Gasteiger charge is 2.11. The van der Waals surface area contributed by atoms with Crippen molar-refractivity contribution in [1.82, 2.24) is 10.3 Å². The summed E-state index contributed by atoms with van der Waals surface area (Å²) in [5, 5.41) is 6.61. The SMILES string of the molecule is CCC(NCc1ccc(C)o1)c1nccs1. The van der Waals surface area contributed by atoms with Crippen LogP contribution in [0.1, 0.15) is 35.9 Å². The lowest BCUT2D eigenvalue weighted by molar-refractivity contribution is 0.430. The van der Waals surface area contributed by atoms with E-state index in [1.165, 1.54) is 0 Å². The molecule has 0 saturated heterocycles. The Kier molecular flexibility index (Phi) is 3.74. The van der Waals surface area contributed by atoms with E-state index in [0.29, 0.717) is 6.04 Å². The van der Waals surface area contributed by atoms with Crippen molar-refractivity contribution >= 4 is 11.3 Å². The molecule has 0 fully saturated rings. The van der Waals surface area contributed by atoms with Crippen molar-refractivity contribution in [3.8, 4) is 0 Å². The van der Waals surface area contributed by atoms with Gasteiger partial charge in [0, 0.05) is 11.6 Å². The summed E-state index contributed by atoms with van der Waals surface area (Å²) in [6, 6.07) is 4.32. The maximum Gasteiger partial charge on any atom is 0.117 e. The van der Waals surface area contributed by atoms with Gasteiger partial charge >= 0.3 is 0 Å². The maximum atomic E-state index is 5.52. The first-order valence-electron chi connectivity index (χ1n) is 5.47. The van der Waals surface area contributed by atoms with Gasteiger partial charge in [-0.3, -0.25) is 0 Å². The van der Waals surface area contributed by atoms with Crippen LogP contribution < -0.4 is 5.32 Å². The monoisotopic (exact) mass is 236 g/mol. The molecule has 0 aliphatic carbocycles. The molecule has 0 aliphatic heterocycles. The average molecular weight is 236 g/mol. The number of nitrogens with one attached hydrogen (secondary N) is 1. The molecule has 2 aromatic heterocycles. The van der Waals surface area contributed by atoms with Gasteiger partial charge in [0.2, 0.25) is 0 Å². The molecular formula is C12H16N2OS. The predicted molar refractivity (Wildman–Crippen MR) is 65.4 cm³/mol. The number of thiazole rings is 1. The standard InChI is InChI=1S/C12H16N2OS/c1-3-11(12-13-6-7-16-12)14-8-10-5-4-9(2)15-10/h4-7,11,14H,3,8H2,1-2H3. The first-order valence-corrected chi connectivity index (χ1v) is 6.35. The molecule has 1 unspecified atom stereocenters. The summed E-state index contributed by atoms with van der Waals surface area (Å²) in [6.07, 6.45) is 2.88. The molecule has 0 amide bonds. The van der Waals surface area contributed by atoms with Crippen LogP contribution in [-0.2, 0) is 6.54 Å². The second-order valence-corrected chi connectivity index (χ2v) is 4.65. The lowest BCUT2D eigenvalue weighted by Crippen LogP contribution is -2.19. The van der Waals surface area contributed by atoms with Gasteiger partial charge in [0.15, 0.2) is 0 Å². The first-order chi connectivity index (χ1) is 7.79. The van der Waals surface area contributed by atoms with Crippen molar-refractivity contribution in [2.45, 2.75) is 32.9 Å². The molecule has 1 atom stereocenters. The number of aryl methyl sites for hydroxylation is 1. The van der Waals surface area contributed by atoms with Crippen LogP contribution >= 0.6 is 11.3 Å². The third kappa shape index (κ3) is 2.71. The summed E-state index contributed by atoms with van der Waals surface area (Å²) >= 11 is 1.69. The Balaban J connectivity index is 1.93. The van der Waals surface area contributed by atoms with Gasteiger partial charge in [-0.2, -0.15) is 0 Å². The lowest BCUT2D eigenvalue weighted by atomic mass is 10.2. The van der Waals surface area contributed by atoms with Crippen LogP contribution in [0.25, 0.3) is 0 Å². The average Bonchev–Trinajstić information content (AvgIpc) is 2.91. The van der Waals surface area contributed by atoms with E-state index in [9.17, 15) is 0 Å². The molecule has 0 bridgehead atoms. The molecule has 0 aromatic carbocycles. The van der Waals surface area contributed by atoms with Gasteiger partial charge in [0.25, 0.3) is 0 Å². The number of hydrogen-bond acceptors (Lipinski definition) is 4. The first kappa shape index (κ1) is 11.4. The molecule has 2 rings (SSSR count). The van der Waals surface area contributed by atoms with Crippen LogP contribution in [0.3, 0.4) is 0 Å². The maximum absolute atomic E-state index is 5.52. The van der Waals surface area contributed by atoms with Crippen molar-refractivity contribution in [1.29, 1.82) is 0 Å². The molecule has 0 aliphatic rings. The molecule has 2 heterocycles. The normalized spacial score (nSPS) is 12.9. The van der Waals surface area contributed by atoms with Gasteiger partial charge in [0.05, 0.1) is 12.6 Å². The Morgan fingerprint density at radius 2 is 2.38 bits per heavy atom. The van der Waals surface area contributed by atoms with Crippen molar-refractivity contribution in [2.75, 3.05) is 0 Å². The summed E-state index contributed by atoms with van der Waals surface area (Å²) in [7, 11) is 0. The van der Waals surface area contributed by atoms with Crippen LogP contribution in [0.2, 0.25) is 0 Å². The fourth-order valence-electron chi connectivity index (χ4n) is 1.62. The zero-order valence-electron chi connectivity index (χ0n) is 9.56. The number of aromatic nitrogens is 1. The van der Waals surface area contributed by atoms with E-state index < -0.39 is 0 Å². The van der Waals surface area contributed by atoms with Crippen molar-refractivity contribution < 1.29 is 4.42 Å². The van der Waals surface area contributed by atoms with Crippen LogP contribution in [-0.4, -0.2) is 4.98 Å². The molecule has 2 aromatic rings. The smallest absolute Gasteiger partial charge is 0.117 e. The summed E-state index contributed by atoms with van der Waals surface area (Å²) in [4.78, 5) is 4.33. The Morgan fingerprint density at radius 3 is 2.94 bits per heavy atom. The summed E-state index contributed by atoms with van der Waals surface area (Å²) in [5.41, 5.74) is 0. The minimum Gasteiger partial charge on any atom is -0.465 e. The van der Waals surface area contributed by atoms with Crippen LogP contribution in [0, 0.1) is 6.92 Å². The van der Waals surface area contributed by atoms with Crippen molar-refractivity contribution in [2.24, 2.45) is 0 Å². The molecule has 1 N–H and O–H groups in total. The van der Waals surface area contributed by atoms with E-state index in [4.69, 9.17) is 4.42 Å². The summed E-state index contributed by atoms with van der Waals surface area (Å²) < 4.78 is 5.52. The van der Waals surface area contributed by atoms with Gasteiger partial charge in [0.1, 0.15) is 16.5 Å². The largest absolute Gasteiger partial charge is 0.465 e. The van der Waals surface area contributed by atoms with E-state index in [1.54, 1.807) is 11.3 Å². The highest BCUT2D eigenvalue weighted by molar-refractivity contribution is 7.09. The molecular weight excluding hydrogens is 220 g/mol. The molecule has 86 valence electrons. The molecule has 0 radical (unpaired) electrons. The van der Waals surface area contributed by atoms with Gasteiger partial charge < -0.3 is 9.73 Å². The van der Waals surface area contributed by atoms with Gasteiger partial charge in [-0.15, -0.1) is 11.3 Å². The fourth-order valence-corrected chi connectivity index (χ4v) is 2.41. The van der Waals surface area contributed by atoms with E-state index in [1.807, 2.05) is 30.6 Å². The van der Waals surface area contributed by atoms with Crippen molar-refractivity contribution in [3.05, 3.63) is 40.2 Å². The van der Waals surface area contributed by atoms with Crippen molar-refractivity contribution in [3.63, 3.8) is 0 Å². The van der Waals surface area contributed by atoms with Gasteiger partial charge in [-0.1, -0.05) is 6.92 Å². The van der Waals surface area contributed by atoms with Gasteiger partial charge in [-0.25, -0.2) is 4.98 Å². The number of furan rings is 1. The number of hydrogen-bond donors (Lipinski definition) is 1. The fraction of sp³-hybridized carbons (Fsp3) is 0.417. The molecule has 0 saturated carbocycles. The molecule has 0 spiro atoms. The van der Waals surface area contributed by atoms with E-state index in [0.717, 1.165) is 29.5 Å². The van der Waals surface area contributed by atoms with Crippen LogP contribution in [0.4, 0.5) is 0 Å². The number of nitrogens with zero attached hydrogens (tertiary/aromatic N) is 1. The van der Waals surface area contributed by atoms with E-state index in [2.05, 4.69) is 17.2 Å². The highest BCUT2D eigenvalue weighted by atomic mass is 32.1. The summed E-state index contributed by atoms with van der Waals surface area (Å²) in [6.45, 7) is 4.88. The third-order valence-corrected chi connectivity index (χ3v) is 3.37. The quantitative estimate of drug-likeness (QED) is 0.865. The van der Waals surface area contributed by atoms with Crippen LogP contribution in [0.15, 0.2) is 28.1 Å². The molecule has 16 heavy (non-hydrogen) atoms. The van der Waals surface area contributed by atoms with E-state index >= 15 is 0 Å². The Hall–Kier alpha value is -1.13. The predicted octanol–water partition coefficient (Wildman–Crippen LogP) is 3.29. The van der Waals surface area contributed by atoms with Crippen LogP contribution in [0.5, 0.6) is 0 Å². The minimum atomic E-state index is 0.324. The van der Waals surface area contributed by atoms with E-state index in [-0.39, 0.29) is 0 Å². The highest BCUT2D eigenvalue weighted by Crippen LogP contribution is 2.19. The van der Waals surface area contributed by atoms with Gasteiger partial charge in [-0.05, 0) is 25.5 Å².